The first-order valence-electron chi connectivity index (χ1n) is 14.1. The molecular weight excluding hydrogens is 515 g/mol. The molecule has 0 radical (unpaired) electrons. The molecule has 1 heterocycles. The summed E-state index contributed by atoms with van der Waals surface area (Å²) < 4.78 is 13.9. The van der Waals surface area contributed by atoms with Crippen molar-refractivity contribution in [3.8, 4) is 39.6 Å². The van der Waals surface area contributed by atoms with E-state index in [0.29, 0.717) is 5.56 Å². The van der Waals surface area contributed by atoms with Crippen LogP contribution in [0, 0.1) is 17.1 Å². The maximum Gasteiger partial charge on any atom is 0.123 e. The molecule has 0 amide bonds. The molecule has 42 heavy (non-hydrogen) atoms. The molecule has 0 saturated heterocycles. The molecule has 3 heteroatoms. The third-order valence-corrected chi connectivity index (χ3v) is 8.94. The molecule has 0 N–H and O–H groups in total. The molecule has 0 fully saturated rings. The van der Waals surface area contributed by atoms with E-state index in [-0.39, 0.29) is 11.2 Å². The average Bonchev–Trinajstić information content (AvgIpc) is 3.25. The Hall–Kier alpha value is -5.33. The van der Waals surface area contributed by atoms with Gasteiger partial charge in [0, 0.05) is 27.1 Å². The van der Waals surface area contributed by atoms with Crippen LogP contribution < -0.4 is 0 Å². The maximum absolute atomic E-state index is 13.9. The predicted molar refractivity (Wildman–Crippen MR) is 170 cm³/mol. The first kappa shape index (κ1) is 24.5. The Bertz CT molecular complexity index is 2290. The van der Waals surface area contributed by atoms with E-state index < -0.39 is 0 Å². The summed E-state index contributed by atoms with van der Waals surface area (Å²) in [7, 11) is 0. The van der Waals surface area contributed by atoms with Gasteiger partial charge in [0.05, 0.1) is 22.8 Å². The molecule has 2 nitrogen and oxygen atoms in total. The quantitative estimate of drug-likeness (QED) is 0.205. The molecule has 1 aliphatic carbocycles. The minimum Gasteiger partial charge on any atom is -0.247 e. The van der Waals surface area contributed by atoms with Gasteiger partial charge in [-0.15, -0.1) is 0 Å². The van der Waals surface area contributed by atoms with Gasteiger partial charge in [0.2, 0.25) is 0 Å². The molecule has 0 spiro atoms. The Morgan fingerprint density at radius 3 is 2.12 bits per heavy atom. The number of rotatable bonds is 2. The predicted octanol–water partition coefficient (Wildman–Crippen LogP) is 10.2. The summed E-state index contributed by atoms with van der Waals surface area (Å²) in [4.78, 5) is 5.20. The highest BCUT2D eigenvalue weighted by atomic mass is 19.1. The summed E-state index contributed by atoms with van der Waals surface area (Å²) in [5.74, 6) is -0.262. The fraction of sp³-hybridized carbons (Fsp3) is 0.0769. The highest BCUT2D eigenvalue weighted by Gasteiger charge is 2.35. The largest absolute Gasteiger partial charge is 0.247 e. The van der Waals surface area contributed by atoms with Gasteiger partial charge >= 0.3 is 0 Å². The summed E-state index contributed by atoms with van der Waals surface area (Å²) in [6.45, 7) is 4.47. The molecular formula is C39H25FN2. The second-order valence-corrected chi connectivity index (χ2v) is 11.7. The van der Waals surface area contributed by atoms with Crippen molar-refractivity contribution in [1.29, 1.82) is 5.26 Å². The summed E-state index contributed by atoms with van der Waals surface area (Å²) in [5.41, 5.74) is 10.2. The molecule has 8 rings (SSSR count). The van der Waals surface area contributed by atoms with E-state index >= 15 is 0 Å². The molecule has 0 unspecified atom stereocenters. The van der Waals surface area contributed by atoms with Crippen molar-refractivity contribution >= 4 is 32.4 Å². The van der Waals surface area contributed by atoms with Crippen LogP contribution in [0.4, 0.5) is 4.39 Å². The first-order valence-corrected chi connectivity index (χ1v) is 14.1. The van der Waals surface area contributed by atoms with Crippen LogP contribution in [0.2, 0.25) is 0 Å². The van der Waals surface area contributed by atoms with E-state index in [0.717, 1.165) is 44.1 Å². The fourth-order valence-electron chi connectivity index (χ4n) is 6.77. The highest BCUT2D eigenvalue weighted by molar-refractivity contribution is 6.22. The number of aromatic nitrogens is 1. The standard InChI is InChI=1S/C39H25FN2/c1-39(2)34-19-23(22-41)7-15-30(34)31-16-11-26(20-35(31)39)27-12-17-32-36(21-27)42-38(25-8-13-28(40)14-9-25)33-18-10-24-5-3-4-6-29(24)37(32)33/h3-21H,1-2H3. The van der Waals surface area contributed by atoms with Gasteiger partial charge in [0.25, 0.3) is 0 Å². The SMILES string of the molecule is CC1(C)c2cc(C#N)ccc2-c2ccc(-c3ccc4c(c3)nc(-c3ccc(F)cc3)c3ccc5ccccc5c34)cc21. The Morgan fingerprint density at radius 1 is 0.643 bits per heavy atom. The van der Waals surface area contributed by atoms with E-state index in [2.05, 4.69) is 98.8 Å². The lowest BCUT2D eigenvalue weighted by atomic mass is 9.81. The topological polar surface area (TPSA) is 36.7 Å². The molecule has 0 bridgehead atoms. The Balaban J connectivity index is 1.35. The van der Waals surface area contributed by atoms with Gasteiger partial charge in [0.15, 0.2) is 0 Å². The van der Waals surface area contributed by atoms with Crippen molar-refractivity contribution in [3.63, 3.8) is 0 Å². The van der Waals surface area contributed by atoms with Gasteiger partial charge in [-0.2, -0.15) is 5.26 Å². The van der Waals surface area contributed by atoms with Crippen molar-refractivity contribution in [2.45, 2.75) is 19.3 Å². The molecule has 1 aliphatic rings. The number of halogens is 1. The smallest absolute Gasteiger partial charge is 0.123 e. The number of hydrogen-bond donors (Lipinski definition) is 0. The Kier molecular flexibility index (Phi) is 5.15. The monoisotopic (exact) mass is 540 g/mol. The highest BCUT2D eigenvalue weighted by Crippen LogP contribution is 2.50. The molecule has 1 aromatic heterocycles. The minimum atomic E-state index is -0.262. The van der Waals surface area contributed by atoms with Crippen molar-refractivity contribution in [1.82, 2.24) is 4.98 Å². The molecule has 7 aromatic rings. The lowest BCUT2D eigenvalue weighted by Crippen LogP contribution is -2.15. The zero-order valence-electron chi connectivity index (χ0n) is 23.2. The Morgan fingerprint density at radius 2 is 1.31 bits per heavy atom. The second kappa shape index (κ2) is 8.83. The van der Waals surface area contributed by atoms with E-state index in [1.165, 1.54) is 45.2 Å². The number of benzene rings is 6. The zero-order chi connectivity index (χ0) is 28.6. The van der Waals surface area contributed by atoms with Crippen LogP contribution >= 0.6 is 0 Å². The van der Waals surface area contributed by atoms with Crippen LogP contribution in [0.3, 0.4) is 0 Å². The summed E-state index contributed by atoms with van der Waals surface area (Å²) in [6, 6.07) is 40.8. The van der Waals surface area contributed by atoms with Crippen molar-refractivity contribution < 1.29 is 4.39 Å². The van der Waals surface area contributed by atoms with Crippen LogP contribution in [-0.2, 0) is 5.41 Å². The van der Waals surface area contributed by atoms with Crippen molar-refractivity contribution in [2.24, 2.45) is 0 Å². The van der Waals surface area contributed by atoms with E-state index in [9.17, 15) is 9.65 Å². The van der Waals surface area contributed by atoms with Gasteiger partial charge < -0.3 is 0 Å². The molecule has 0 atom stereocenters. The first-order chi connectivity index (χ1) is 20.4. The normalized spacial score (nSPS) is 13.3. The third-order valence-electron chi connectivity index (χ3n) is 8.94. The summed E-state index contributed by atoms with van der Waals surface area (Å²) in [5, 5.41) is 15.1. The van der Waals surface area contributed by atoms with Gasteiger partial charge in [-0.1, -0.05) is 80.6 Å². The minimum absolute atomic E-state index is 0.215. The van der Waals surface area contributed by atoms with Crippen LogP contribution in [0.5, 0.6) is 0 Å². The van der Waals surface area contributed by atoms with Gasteiger partial charge in [-0.05, 0) is 92.7 Å². The number of nitriles is 1. The van der Waals surface area contributed by atoms with E-state index in [1.54, 1.807) is 12.1 Å². The number of pyridine rings is 1. The third kappa shape index (κ3) is 3.52. The summed E-state index contributed by atoms with van der Waals surface area (Å²) >= 11 is 0. The molecule has 0 saturated carbocycles. The maximum atomic E-state index is 13.9. The van der Waals surface area contributed by atoms with Gasteiger partial charge in [-0.25, -0.2) is 9.37 Å². The summed E-state index contributed by atoms with van der Waals surface area (Å²) in [6.07, 6.45) is 0. The molecule has 6 aromatic carbocycles. The lowest BCUT2D eigenvalue weighted by Gasteiger charge is -2.22. The van der Waals surface area contributed by atoms with E-state index in [1.807, 2.05) is 12.1 Å². The van der Waals surface area contributed by atoms with Gasteiger partial charge in [0.1, 0.15) is 5.82 Å². The van der Waals surface area contributed by atoms with Crippen LogP contribution in [0.25, 0.3) is 66.0 Å². The fourth-order valence-corrected chi connectivity index (χ4v) is 6.77. The molecule has 0 aliphatic heterocycles. The lowest BCUT2D eigenvalue weighted by molar-refractivity contribution is 0.628. The number of hydrogen-bond acceptors (Lipinski definition) is 2. The Labute approximate surface area is 243 Å². The van der Waals surface area contributed by atoms with Crippen molar-refractivity contribution in [3.05, 3.63) is 138 Å². The second-order valence-electron chi connectivity index (χ2n) is 11.7. The van der Waals surface area contributed by atoms with E-state index in [4.69, 9.17) is 4.98 Å². The van der Waals surface area contributed by atoms with Gasteiger partial charge in [-0.3, -0.25) is 0 Å². The number of fused-ring (bicyclic) bond motifs is 8. The van der Waals surface area contributed by atoms with Crippen LogP contribution in [-0.4, -0.2) is 4.98 Å². The van der Waals surface area contributed by atoms with Crippen molar-refractivity contribution in [2.75, 3.05) is 0 Å². The average molecular weight is 541 g/mol. The van der Waals surface area contributed by atoms with Crippen LogP contribution in [0.15, 0.2) is 115 Å². The number of nitrogens with zero attached hydrogens (tertiary/aromatic N) is 2. The zero-order valence-corrected chi connectivity index (χ0v) is 23.2. The van der Waals surface area contributed by atoms with Crippen LogP contribution in [0.1, 0.15) is 30.5 Å². The molecule has 198 valence electrons.